The standard InChI is InChI=1S/C29H18F2N8OS/c30-21-7-6-20(41-21)18-8-9-33-28-26(18)36-29(37-28)27-23-19(38-39-27)14-34-25(24(23)31)16-11-17(13-32-12-16)35-22(40)10-15-4-2-1-3-5-15/h1-9,11-14H,10H2,(H,35,40)(H,38,39)(H,33,36,37). The van der Waals surface area contributed by atoms with Crippen molar-refractivity contribution in [3.05, 3.63) is 95.9 Å². The lowest BCUT2D eigenvalue weighted by molar-refractivity contribution is -0.115. The summed E-state index contributed by atoms with van der Waals surface area (Å²) in [7, 11) is 0. The lowest BCUT2D eigenvalue weighted by atomic mass is 10.1. The van der Waals surface area contributed by atoms with Gasteiger partial charge in [-0.1, -0.05) is 30.3 Å². The molecule has 41 heavy (non-hydrogen) atoms. The average molecular weight is 565 g/mol. The van der Waals surface area contributed by atoms with Gasteiger partial charge in [-0.3, -0.25) is 19.9 Å². The molecule has 1 amide bonds. The quantitative estimate of drug-likeness (QED) is 0.223. The van der Waals surface area contributed by atoms with Crippen molar-refractivity contribution in [3.63, 3.8) is 0 Å². The largest absolute Gasteiger partial charge is 0.335 e. The fraction of sp³-hybridized carbons (Fsp3) is 0.0345. The van der Waals surface area contributed by atoms with Gasteiger partial charge in [0.05, 0.1) is 40.9 Å². The number of hydrogen-bond donors (Lipinski definition) is 3. The number of hydrogen-bond acceptors (Lipinski definition) is 7. The average Bonchev–Trinajstić information content (AvgIpc) is 3.72. The minimum atomic E-state index is -0.630. The minimum absolute atomic E-state index is 0.0378. The summed E-state index contributed by atoms with van der Waals surface area (Å²) in [5.41, 5.74) is 4.01. The second kappa shape index (κ2) is 9.99. The van der Waals surface area contributed by atoms with E-state index in [9.17, 15) is 9.18 Å². The van der Waals surface area contributed by atoms with Gasteiger partial charge in [-0.05, 0) is 29.8 Å². The number of fused-ring (bicyclic) bond motifs is 2. The van der Waals surface area contributed by atoms with E-state index in [1.165, 1.54) is 24.7 Å². The summed E-state index contributed by atoms with van der Waals surface area (Å²) in [5.74, 6) is -0.562. The molecule has 0 aliphatic carbocycles. The van der Waals surface area contributed by atoms with Crippen LogP contribution in [0.4, 0.5) is 14.5 Å². The number of halogens is 2. The summed E-state index contributed by atoms with van der Waals surface area (Å²) in [4.78, 5) is 33.8. The van der Waals surface area contributed by atoms with Crippen molar-refractivity contribution >= 4 is 45.0 Å². The Hall–Kier alpha value is -5.36. The van der Waals surface area contributed by atoms with Gasteiger partial charge in [0.2, 0.25) is 5.91 Å². The maximum absolute atomic E-state index is 16.1. The highest BCUT2D eigenvalue weighted by atomic mass is 32.1. The lowest BCUT2D eigenvalue weighted by Crippen LogP contribution is -2.14. The zero-order valence-electron chi connectivity index (χ0n) is 21.0. The number of carbonyl (C=O) groups excluding carboxylic acids is 1. The van der Waals surface area contributed by atoms with Crippen LogP contribution in [0.15, 0.2) is 79.4 Å². The van der Waals surface area contributed by atoms with E-state index in [2.05, 4.69) is 40.4 Å². The Morgan fingerprint density at radius 1 is 0.976 bits per heavy atom. The minimum Gasteiger partial charge on any atom is -0.335 e. The number of amides is 1. The SMILES string of the molecule is O=C(Cc1ccccc1)Nc1cncc(-c2ncc3[nH]nc(-c4nc5nccc(-c6ccc(F)s6)c5[nH]4)c3c2F)c1. The molecule has 0 fully saturated rings. The number of rotatable bonds is 6. The van der Waals surface area contributed by atoms with Crippen LogP contribution in [-0.4, -0.2) is 41.0 Å². The van der Waals surface area contributed by atoms with Crippen molar-refractivity contribution in [1.29, 1.82) is 0 Å². The number of pyridine rings is 3. The molecule has 6 aromatic heterocycles. The molecule has 0 aliphatic rings. The molecule has 0 saturated heterocycles. The van der Waals surface area contributed by atoms with E-state index in [4.69, 9.17) is 0 Å². The molecule has 0 aliphatic heterocycles. The van der Waals surface area contributed by atoms with Gasteiger partial charge in [0.25, 0.3) is 0 Å². The predicted octanol–water partition coefficient (Wildman–Crippen LogP) is 6.15. The third-order valence-electron chi connectivity index (χ3n) is 6.50. The predicted molar refractivity (Wildman–Crippen MR) is 152 cm³/mol. The molecule has 6 heterocycles. The number of benzene rings is 1. The molecule has 200 valence electrons. The first kappa shape index (κ1) is 24.7. The highest BCUT2D eigenvalue weighted by Gasteiger charge is 2.22. The number of H-pyrrole nitrogens is 2. The monoisotopic (exact) mass is 564 g/mol. The van der Waals surface area contributed by atoms with Crippen LogP contribution < -0.4 is 5.32 Å². The Morgan fingerprint density at radius 2 is 1.85 bits per heavy atom. The van der Waals surface area contributed by atoms with Gasteiger partial charge < -0.3 is 10.3 Å². The van der Waals surface area contributed by atoms with Gasteiger partial charge in [-0.2, -0.15) is 9.49 Å². The van der Waals surface area contributed by atoms with Crippen molar-refractivity contribution in [3.8, 4) is 33.2 Å². The fourth-order valence-electron chi connectivity index (χ4n) is 4.66. The van der Waals surface area contributed by atoms with Crippen LogP contribution in [0, 0.1) is 10.9 Å². The first-order chi connectivity index (χ1) is 20.0. The second-order valence-electron chi connectivity index (χ2n) is 9.20. The summed E-state index contributed by atoms with van der Waals surface area (Å²) in [6, 6.07) is 15.8. The Kier molecular flexibility index (Phi) is 6.01. The fourth-order valence-corrected chi connectivity index (χ4v) is 5.42. The number of aromatic amines is 2. The summed E-state index contributed by atoms with van der Waals surface area (Å²) in [6.45, 7) is 0. The molecule has 7 aromatic rings. The molecule has 0 radical (unpaired) electrons. The topological polar surface area (TPSA) is 125 Å². The molecule has 0 saturated carbocycles. The van der Waals surface area contributed by atoms with Crippen LogP contribution in [0.1, 0.15) is 5.56 Å². The van der Waals surface area contributed by atoms with E-state index < -0.39 is 5.82 Å². The van der Waals surface area contributed by atoms with Gasteiger partial charge in [0.1, 0.15) is 11.4 Å². The summed E-state index contributed by atoms with van der Waals surface area (Å²) in [6.07, 6.45) is 6.22. The van der Waals surface area contributed by atoms with E-state index in [-0.39, 0.29) is 34.2 Å². The van der Waals surface area contributed by atoms with E-state index >= 15 is 4.39 Å². The molecular formula is C29H18F2N8OS. The van der Waals surface area contributed by atoms with Gasteiger partial charge >= 0.3 is 0 Å². The Labute approximate surface area is 234 Å². The first-order valence-electron chi connectivity index (χ1n) is 12.5. The van der Waals surface area contributed by atoms with Crippen LogP contribution in [0.2, 0.25) is 0 Å². The molecule has 3 N–H and O–H groups in total. The number of nitrogens with one attached hydrogen (secondary N) is 3. The highest BCUT2D eigenvalue weighted by molar-refractivity contribution is 7.14. The lowest BCUT2D eigenvalue weighted by Gasteiger charge is -2.08. The van der Waals surface area contributed by atoms with Crippen LogP contribution in [0.3, 0.4) is 0 Å². The molecule has 0 unspecified atom stereocenters. The molecule has 7 rings (SSSR count). The van der Waals surface area contributed by atoms with Gasteiger partial charge in [0, 0.05) is 28.4 Å². The summed E-state index contributed by atoms with van der Waals surface area (Å²) < 4.78 is 29.8. The second-order valence-corrected chi connectivity index (χ2v) is 10.2. The number of thiophene rings is 1. The maximum Gasteiger partial charge on any atom is 0.228 e. The third-order valence-corrected chi connectivity index (χ3v) is 7.41. The van der Waals surface area contributed by atoms with E-state index in [0.717, 1.165) is 22.5 Å². The van der Waals surface area contributed by atoms with Crippen molar-refractivity contribution in [2.45, 2.75) is 6.42 Å². The molecule has 9 nitrogen and oxygen atoms in total. The smallest absolute Gasteiger partial charge is 0.228 e. The molecule has 12 heteroatoms. The van der Waals surface area contributed by atoms with Crippen molar-refractivity contribution in [1.82, 2.24) is 35.1 Å². The summed E-state index contributed by atoms with van der Waals surface area (Å²) >= 11 is 1.01. The van der Waals surface area contributed by atoms with Gasteiger partial charge in [-0.15, -0.1) is 11.3 Å². The molecule has 0 atom stereocenters. The van der Waals surface area contributed by atoms with Crippen LogP contribution in [0.25, 0.3) is 55.3 Å². The summed E-state index contributed by atoms with van der Waals surface area (Å²) in [5, 5.41) is 9.79. The molecule has 1 aromatic carbocycles. The Balaban J connectivity index is 1.24. The number of anilines is 1. The van der Waals surface area contributed by atoms with E-state index in [1.807, 2.05) is 30.3 Å². The molecule has 0 spiro atoms. The van der Waals surface area contributed by atoms with Crippen molar-refractivity contribution < 1.29 is 13.6 Å². The van der Waals surface area contributed by atoms with Gasteiger partial charge in [-0.25, -0.2) is 14.4 Å². The molecular weight excluding hydrogens is 546 g/mol. The van der Waals surface area contributed by atoms with Gasteiger partial charge in [0.15, 0.2) is 22.4 Å². The van der Waals surface area contributed by atoms with Crippen molar-refractivity contribution in [2.75, 3.05) is 5.32 Å². The normalized spacial score (nSPS) is 11.4. The highest BCUT2D eigenvalue weighted by Crippen LogP contribution is 2.35. The zero-order chi connectivity index (χ0) is 27.9. The van der Waals surface area contributed by atoms with Crippen LogP contribution >= 0.6 is 11.3 Å². The third kappa shape index (κ3) is 4.59. The Bertz CT molecular complexity index is 2070. The van der Waals surface area contributed by atoms with Crippen molar-refractivity contribution in [2.24, 2.45) is 0 Å². The maximum atomic E-state index is 16.1. The van der Waals surface area contributed by atoms with Crippen LogP contribution in [0.5, 0.6) is 0 Å². The first-order valence-corrected chi connectivity index (χ1v) is 13.3. The van der Waals surface area contributed by atoms with E-state index in [0.29, 0.717) is 38.6 Å². The van der Waals surface area contributed by atoms with Crippen LogP contribution in [-0.2, 0) is 11.2 Å². The number of imidazole rings is 1. The Morgan fingerprint density at radius 3 is 2.68 bits per heavy atom. The molecule has 0 bridgehead atoms. The van der Waals surface area contributed by atoms with E-state index in [1.54, 1.807) is 24.4 Å². The number of nitrogens with zero attached hydrogens (tertiary/aromatic N) is 5. The number of aromatic nitrogens is 7. The zero-order valence-corrected chi connectivity index (χ0v) is 21.8. The number of carbonyl (C=O) groups is 1.